The van der Waals surface area contributed by atoms with Crippen molar-refractivity contribution in [2.75, 3.05) is 29.0 Å². The number of piperidine rings is 1. The van der Waals surface area contributed by atoms with Crippen LogP contribution in [0.15, 0.2) is 48.7 Å². The molecule has 11 nitrogen and oxygen atoms in total. The summed E-state index contributed by atoms with van der Waals surface area (Å²) in [5, 5.41) is 9.76. The second-order valence-corrected chi connectivity index (χ2v) is 12.0. The molecule has 5 N–H and O–H groups in total. The number of urea groups is 1. The van der Waals surface area contributed by atoms with E-state index in [0.29, 0.717) is 67.5 Å². The van der Waals surface area contributed by atoms with Crippen molar-refractivity contribution in [1.82, 2.24) is 24.4 Å². The van der Waals surface area contributed by atoms with Gasteiger partial charge in [0.1, 0.15) is 11.3 Å². The minimum Gasteiger partial charge on any atom is -0.369 e. The highest BCUT2D eigenvalue weighted by atomic mass is 35.5. The first-order valence-corrected chi connectivity index (χ1v) is 15.3. The third kappa shape index (κ3) is 6.51. The summed E-state index contributed by atoms with van der Waals surface area (Å²) in [6, 6.07) is 11.5. The van der Waals surface area contributed by atoms with E-state index >= 15 is 0 Å². The standard InChI is InChI=1S/C30H32Cl2FN9O2/c31-22-13-18(33)14-23(32)25(22)39-29-38-24-15-35-28(40-27(24)42(29)21-10-8-17(9-11-21)26(34)43)36-20-7-4-12-41(16-20)30(44)37-19-5-2-1-3-6-19/h1-3,5-6,13-15,17,20-21H,4,7-12,16H2,(H2,34,43)(H,37,44)(H,38,39)(H,35,36,40)/t17-,20-,21-/m1/s1. The van der Waals surface area contributed by atoms with Crippen molar-refractivity contribution < 1.29 is 14.0 Å². The quantitative estimate of drug-likeness (QED) is 0.185. The predicted molar refractivity (Wildman–Crippen MR) is 169 cm³/mol. The largest absolute Gasteiger partial charge is 0.369 e. The van der Waals surface area contributed by atoms with Gasteiger partial charge in [-0.2, -0.15) is 4.98 Å². The Morgan fingerprint density at radius 2 is 1.73 bits per heavy atom. The summed E-state index contributed by atoms with van der Waals surface area (Å²) in [5.74, 6) is -0.201. The number of hydrogen-bond acceptors (Lipinski definition) is 7. The van der Waals surface area contributed by atoms with Gasteiger partial charge in [0, 0.05) is 36.8 Å². The highest BCUT2D eigenvalue weighted by Crippen LogP contribution is 2.39. The van der Waals surface area contributed by atoms with E-state index in [4.69, 9.17) is 38.9 Å². The van der Waals surface area contributed by atoms with Gasteiger partial charge in [-0.3, -0.25) is 9.36 Å². The Kier molecular flexibility index (Phi) is 8.72. The molecule has 2 fully saturated rings. The summed E-state index contributed by atoms with van der Waals surface area (Å²) in [7, 11) is 0. The molecule has 2 aliphatic rings. The van der Waals surface area contributed by atoms with Crippen LogP contribution >= 0.6 is 23.2 Å². The van der Waals surface area contributed by atoms with E-state index in [9.17, 15) is 14.0 Å². The second kappa shape index (κ2) is 12.8. The molecular formula is C30H32Cl2FN9O2. The van der Waals surface area contributed by atoms with Crippen molar-refractivity contribution in [3.63, 3.8) is 0 Å². The average molecular weight is 641 g/mol. The Balaban J connectivity index is 1.26. The van der Waals surface area contributed by atoms with Gasteiger partial charge < -0.3 is 26.6 Å². The molecule has 3 heterocycles. The zero-order valence-electron chi connectivity index (χ0n) is 23.8. The molecule has 44 heavy (non-hydrogen) atoms. The van der Waals surface area contributed by atoms with Gasteiger partial charge in [-0.1, -0.05) is 41.4 Å². The highest BCUT2D eigenvalue weighted by molar-refractivity contribution is 6.39. The predicted octanol–water partition coefficient (Wildman–Crippen LogP) is 6.34. The lowest BCUT2D eigenvalue weighted by Crippen LogP contribution is -2.47. The maximum atomic E-state index is 13.9. The molecular weight excluding hydrogens is 608 g/mol. The average Bonchev–Trinajstić information content (AvgIpc) is 3.37. The number of rotatable bonds is 7. The van der Waals surface area contributed by atoms with E-state index in [1.165, 1.54) is 12.1 Å². The van der Waals surface area contributed by atoms with Crippen LogP contribution in [0.2, 0.25) is 10.0 Å². The molecule has 4 aromatic rings. The van der Waals surface area contributed by atoms with E-state index in [1.807, 2.05) is 34.9 Å². The Morgan fingerprint density at radius 3 is 2.43 bits per heavy atom. The van der Waals surface area contributed by atoms with Crippen LogP contribution in [0.5, 0.6) is 0 Å². The maximum absolute atomic E-state index is 13.9. The molecule has 6 rings (SSSR count). The molecule has 3 amide bonds. The van der Waals surface area contributed by atoms with Gasteiger partial charge >= 0.3 is 6.03 Å². The topological polar surface area (TPSA) is 143 Å². The molecule has 1 aliphatic carbocycles. The molecule has 1 aliphatic heterocycles. The van der Waals surface area contributed by atoms with Crippen molar-refractivity contribution in [2.24, 2.45) is 11.7 Å². The number of hydrogen-bond donors (Lipinski definition) is 4. The first kappa shape index (κ1) is 29.9. The van der Waals surface area contributed by atoms with Crippen LogP contribution in [0.1, 0.15) is 44.6 Å². The summed E-state index contributed by atoms with van der Waals surface area (Å²) in [6.45, 7) is 1.14. The van der Waals surface area contributed by atoms with E-state index in [-0.39, 0.29) is 40.0 Å². The normalized spacial score (nSPS) is 20.3. The number of anilines is 4. The molecule has 0 bridgehead atoms. The molecule has 1 atom stereocenters. The van der Waals surface area contributed by atoms with Gasteiger partial charge in [0.2, 0.25) is 17.8 Å². The number of nitrogens with one attached hydrogen (secondary N) is 3. The van der Waals surface area contributed by atoms with E-state index in [0.717, 1.165) is 18.5 Å². The van der Waals surface area contributed by atoms with Crippen LogP contribution in [-0.4, -0.2) is 55.5 Å². The summed E-state index contributed by atoms with van der Waals surface area (Å²) in [6.07, 6.45) is 5.95. The Morgan fingerprint density at radius 1 is 1.00 bits per heavy atom. The number of carbonyl (C=O) groups excluding carboxylic acids is 2. The van der Waals surface area contributed by atoms with Gasteiger partial charge in [-0.25, -0.2) is 19.2 Å². The first-order valence-electron chi connectivity index (χ1n) is 14.6. The van der Waals surface area contributed by atoms with Crippen LogP contribution < -0.4 is 21.7 Å². The monoisotopic (exact) mass is 639 g/mol. The zero-order valence-corrected chi connectivity index (χ0v) is 25.3. The molecule has 1 saturated heterocycles. The maximum Gasteiger partial charge on any atom is 0.321 e. The van der Waals surface area contributed by atoms with Gasteiger partial charge in [0.15, 0.2) is 5.65 Å². The number of aromatic nitrogens is 4. The molecule has 0 unspecified atom stereocenters. The number of amides is 3. The summed E-state index contributed by atoms with van der Waals surface area (Å²) in [5.41, 5.74) is 7.77. The second-order valence-electron chi connectivity index (χ2n) is 11.2. The Hall–Kier alpha value is -4.16. The molecule has 2 aromatic heterocycles. The smallest absolute Gasteiger partial charge is 0.321 e. The molecule has 0 spiro atoms. The fourth-order valence-corrected chi connectivity index (χ4v) is 6.53. The lowest BCUT2D eigenvalue weighted by Gasteiger charge is -2.33. The summed E-state index contributed by atoms with van der Waals surface area (Å²) >= 11 is 12.7. The minimum atomic E-state index is -0.552. The van der Waals surface area contributed by atoms with Crippen molar-refractivity contribution in [3.8, 4) is 0 Å². The number of nitrogens with zero attached hydrogens (tertiary/aromatic N) is 5. The van der Waals surface area contributed by atoms with Gasteiger partial charge in [0.25, 0.3) is 0 Å². The number of benzene rings is 2. The molecule has 230 valence electrons. The summed E-state index contributed by atoms with van der Waals surface area (Å²) < 4.78 is 15.9. The van der Waals surface area contributed by atoms with Gasteiger partial charge in [0.05, 0.1) is 21.9 Å². The van der Waals surface area contributed by atoms with Crippen LogP contribution in [0.4, 0.5) is 32.5 Å². The minimum absolute atomic E-state index is 0.0503. The molecule has 14 heteroatoms. The molecule has 1 saturated carbocycles. The van der Waals surface area contributed by atoms with Crippen LogP contribution in [0.3, 0.4) is 0 Å². The third-order valence-corrected chi connectivity index (χ3v) is 8.80. The lowest BCUT2D eigenvalue weighted by molar-refractivity contribution is -0.122. The summed E-state index contributed by atoms with van der Waals surface area (Å²) in [4.78, 5) is 40.7. The van der Waals surface area contributed by atoms with Crippen molar-refractivity contribution in [2.45, 2.75) is 50.6 Å². The number of imidazole rings is 1. The van der Waals surface area contributed by atoms with E-state index in [2.05, 4.69) is 20.9 Å². The SMILES string of the molecule is NC(=O)[C@H]1CC[C@H](n2c(Nc3c(Cl)cc(F)cc3Cl)nc3cnc(N[C@@H]4CCCN(C(=O)Nc5ccccc5)C4)nc32)CC1. The van der Waals surface area contributed by atoms with Crippen LogP contribution in [0, 0.1) is 11.7 Å². The van der Waals surface area contributed by atoms with E-state index < -0.39 is 5.82 Å². The number of primary amides is 1. The van der Waals surface area contributed by atoms with Gasteiger partial charge in [-0.15, -0.1) is 0 Å². The highest BCUT2D eigenvalue weighted by Gasteiger charge is 2.30. The number of likely N-dealkylation sites (tertiary alicyclic amines) is 1. The Labute approximate surface area is 263 Å². The van der Waals surface area contributed by atoms with Crippen molar-refractivity contribution in [1.29, 1.82) is 0 Å². The fourth-order valence-electron chi connectivity index (χ4n) is 5.97. The number of halogens is 3. The number of nitrogens with two attached hydrogens (primary N) is 1. The third-order valence-electron chi connectivity index (χ3n) is 8.21. The lowest BCUT2D eigenvalue weighted by atomic mass is 9.85. The number of fused-ring (bicyclic) bond motifs is 1. The molecule has 2 aromatic carbocycles. The van der Waals surface area contributed by atoms with Gasteiger partial charge in [-0.05, 0) is 62.8 Å². The fraction of sp³-hybridized carbons (Fsp3) is 0.367. The zero-order chi connectivity index (χ0) is 30.8. The van der Waals surface area contributed by atoms with E-state index in [1.54, 1.807) is 11.1 Å². The molecule has 0 radical (unpaired) electrons. The van der Waals surface area contributed by atoms with Crippen molar-refractivity contribution in [3.05, 3.63) is 64.5 Å². The first-order chi connectivity index (χ1) is 21.2. The Bertz CT molecular complexity index is 1660. The number of para-hydroxylation sites is 1. The van der Waals surface area contributed by atoms with Crippen molar-refractivity contribution >= 4 is 69.6 Å². The number of carbonyl (C=O) groups is 2. The van der Waals surface area contributed by atoms with Crippen LogP contribution in [0.25, 0.3) is 11.2 Å². The van der Waals surface area contributed by atoms with Crippen LogP contribution in [-0.2, 0) is 4.79 Å².